The van der Waals surface area contributed by atoms with Gasteiger partial charge >= 0.3 is 0 Å². The molecule has 82 valence electrons. The summed E-state index contributed by atoms with van der Waals surface area (Å²) in [6.45, 7) is 0.923. The van der Waals surface area contributed by atoms with E-state index in [-0.39, 0.29) is 0 Å². The van der Waals surface area contributed by atoms with Crippen LogP contribution in [0, 0.1) is 5.41 Å². The van der Waals surface area contributed by atoms with Gasteiger partial charge in [0.15, 0.2) is 0 Å². The lowest BCUT2D eigenvalue weighted by molar-refractivity contribution is 0.596. The molecule has 0 amide bonds. The van der Waals surface area contributed by atoms with Gasteiger partial charge < -0.3 is 5.73 Å². The van der Waals surface area contributed by atoms with E-state index in [0.717, 1.165) is 11.8 Å². The van der Waals surface area contributed by atoms with Crippen molar-refractivity contribution in [3.05, 3.63) is 0 Å². The van der Waals surface area contributed by atoms with Crippen molar-refractivity contribution in [3.63, 3.8) is 0 Å². The monoisotopic (exact) mass is 213 g/mol. The van der Waals surface area contributed by atoms with Crippen LogP contribution in [0.4, 0.5) is 0 Å². The van der Waals surface area contributed by atoms with Crippen LogP contribution < -0.4 is 5.73 Å². The predicted molar refractivity (Wildman–Crippen MR) is 64.7 cm³/mol. The molecule has 2 fully saturated rings. The Labute approximate surface area is 92.2 Å². The Morgan fingerprint density at radius 2 is 1.71 bits per heavy atom. The maximum absolute atomic E-state index is 5.80. The van der Waals surface area contributed by atoms with Crippen molar-refractivity contribution in [3.8, 4) is 0 Å². The Bertz CT molecular complexity index is 169. The highest BCUT2D eigenvalue weighted by atomic mass is 32.2. The molecular formula is C12H23NS. The number of nitrogens with two attached hydrogens (primary N) is 1. The van der Waals surface area contributed by atoms with Crippen molar-refractivity contribution in [2.75, 3.05) is 12.3 Å². The molecule has 0 atom stereocenters. The molecule has 0 aromatic heterocycles. The van der Waals surface area contributed by atoms with Crippen LogP contribution in [-0.4, -0.2) is 17.5 Å². The quantitative estimate of drug-likeness (QED) is 0.726. The summed E-state index contributed by atoms with van der Waals surface area (Å²) in [5, 5.41) is 0.960. The molecule has 0 heterocycles. The van der Waals surface area contributed by atoms with Crippen molar-refractivity contribution < 1.29 is 0 Å². The van der Waals surface area contributed by atoms with Crippen molar-refractivity contribution in [1.29, 1.82) is 0 Å². The number of hydrogen-bond acceptors (Lipinski definition) is 2. The number of thioether (sulfide) groups is 1. The van der Waals surface area contributed by atoms with Crippen molar-refractivity contribution in [1.82, 2.24) is 0 Å². The van der Waals surface area contributed by atoms with Crippen molar-refractivity contribution >= 4 is 11.8 Å². The van der Waals surface area contributed by atoms with Gasteiger partial charge in [0, 0.05) is 11.0 Å². The van der Waals surface area contributed by atoms with Crippen LogP contribution in [0.5, 0.6) is 0 Å². The topological polar surface area (TPSA) is 26.0 Å². The highest BCUT2D eigenvalue weighted by Gasteiger charge is 2.41. The fraction of sp³-hybridized carbons (Fsp3) is 1.00. The molecule has 2 saturated carbocycles. The van der Waals surface area contributed by atoms with Gasteiger partial charge in [-0.25, -0.2) is 0 Å². The first kappa shape index (κ1) is 10.8. The van der Waals surface area contributed by atoms with Gasteiger partial charge in [-0.15, -0.1) is 0 Å². The third-order valence-electron chi connectivity index (χ3n) is 3.82. The van der Waals surface area contributed by atoms with Gasteiger partial charge in [-0.3, -0.25) is 0 Å². The smallest absolute Gasteiger partial charge is 0.00472 e. The molecule has 0 unspecified atom stereocenters. The summed E-state index contributed by atoms with van der Waals surface area (Å²) in [4.78, 5) is 0. The van der Waals surface area contributed by atoms with E-state index >= 15 is 0 Å². The summed E-state index contributed by atoms with van der Waals surface area (Å²) in [5.74, 6) is 1.34. The molecule has 0 radical (unpaired) electrons. The molecule has 2 aliphatic rings. The van der Waals surface area contributed by atoms with Crippen LogP contribution >= 0.6 is 11.8 Å². The van der Waals surface area contributed by atoms with Crippen molar-refractivity contribution in [2.45, 2.75) is 56.6 Å². The third kappa shape index (κ3) is 2.90. The van der Waals surface area contributed by atoms with E-state index in [1.807, 2.05) is 0 Å². The van der Waals surface area contributed by atoms with Gasteiger partial charge in [0.25, 0.3) is 0 Å². The van der Waals surface area contributed by atoms with Gasteiger partial charge in [0.1, 0.15) is 0 Å². The minimum Gasteiger partial charge on any atom is -0.330 e. The zero-order valence-corrected chi connectivity index (χ0v) is 9.95. The second-order valence-electron chi connectivity index (χ2n) is 5.13. The number of rotatable bonds is 4. The van der Waals surface area contributed by atoms with Crippen LogP contribution in [0.3, 0.4) is 0 Å². The van der Waals surface area contributed by atoms with E-state index in [1.165, 1.54) is 57.1 Å². The second-order valence-corrected chi connectivity index (χ2v) is 6.42. The fourth-order valence-corrected chi connectivity index (χ4v) is 3.95. The molecular weight excluding hydrogens is 190 g/mol. The van der Waals surface area contributed by atoms with E-state index < -0.39 is 0 Å². The van der Waals surface area contributed by atoms with Crippen LogP contribution in [0.25, 0.3) is 0 Å². The number of hydrogen-bond donors (Lipinski definition) is 1. The molecule has 0 bridgehead atoms. The van der Waals surface area contributed by atoms with Crippen molar-refractivity contribution in [2.24, 2.45) is 11.1 Å². The molecule has 0 aliphatic heterocycles. The molecule has 0 spiro atoms. The van der Waals surface area contributed by atoms with Gasteiger partial charge in [-0.1, -0.05) is 25.7 Å². The Morgan fingerprint density at radius 3 is 2.21 bits per heavy atom. The Balaban J connectivity index is 1.68. The normalized spacial score (nSPS) is 27.2. The molecule has 0 aromatic carbocycles. The van der Waals surface area contributed by atoms with E-state index in [2.05, 4.69) is 11.8 Å². The molecule has 0 saturated heterocycles. The summed E-state index contributed by atoms with van der Waals surface area (Å²) in [5.41, 5.74) is 6.38. The van der Waals surface area contributed by atoms with Crippen LogP contribution in [0.1, 0.15) is 51.4 Å². The highest BCUT2D eigenvalue weighted by Crippen LogP contribution is 2.48. The zero-order chi connectivity index (χ0) is 9.86. The first-order chi connectivity index (χ1) is 6.85. The lowest BCUT2D eigenvalue weighted by atomic mass is 10.1. The fourth-order valence-electron chi connectivity index (χ4n) is 2.29. The largest absolute Gasteiger partial charge is 0.330 e. The average molecular weight is 213 g/mol. The van der Waals surface area contributed by atoms with E-state index in [9.17, 15) is 0 Å². The lowest BCUT2D eigenvalue weighted by Crippen LogP contribution is -2.19. The van der Waals surface area contributed by atoms with Crippen LogP contribution in [0.2, 0.25) is 0 Å². The summed E-state index contributed by atoms with van der Waals surface area (Å²) >= 11 is 2.22. The van der Waals surface area contributed by atoms with Crippen LogP contribution in [0.15, 0.2) is 0 Å². The van der Waals surface area contributed by atoms with E-state index in [4.69, 9.17) is 5.73 Å². The second kappa shape index (κ2) is 4.89. The molecule has 0 aromatic rings. The van der Waals surface area contributed by atoms with E-state index in [1.54, 1.807) is 0 Å². The minimum atomic E-state index is 0.580. The van der Waals surface area contributed by atoms with Gasteiger partial charge in [0.2, 0.25) is 0 Å². The molecule has 2 N–H and O–H groups in total. The highest BCUT2D eigenvalue weighted by molar-refractivity contribution is 7.99. The maximum Gasteiger partial charge on any atom is 0.00472 e. The first-order valence-corrected chi connectivity index (χ1v) is 7.21. The predicted octanol–water partition coefficient (Wildman–Crippen LogP) is 3.18. The Morgan fingerprint density at radius 1 is 1.07 bits per heavy atom. The lowest BCUT2D eigenvalue weighted by Gasteiger charge is -2.17. The molecule has 1 nitrogen and oxygen atoms in total. The first-order valence-electron chi connectivity index (χ1n) is 6.16. The summed E-state index contributed by atoms with van der Waals surface area (Å²) in [7, 11) is 0. The van der Waals surface area contributed by atoms with Crippen LogP contribution in [-0.2, 0) is 0 Å². The third-order valence-corrected chi connectivity index (χ3v) is 5.54. The minimum absolute atomic E-state index is 0.580. The van der Waals surface area contributed by atoms with Gasteiger partial charge in [-0.2, -0.15) is 11.8 Å². The summed E-state index contributed by atoms with van der Waals surface area (Å²) in [6.07, 6.45) is 11.6. The Kier molecular flexibility index (Phi) is 3.78. The van der Waals surface area contributed by atoms with E-state index in [0.29, 0.717) is 5.41 Å². The molecule has 14 heavy (non-hydrogen) atoms. The standard InChI is InChI=1S/C12H23NS/c13-9-12(7-8-12)10-14-11-5-3-1-2-4-6-11/h11H,1-10,13H2. The Hall–Kier alpha value is 0.310. The van der Waals surface area contributed by atoms with Gasteiger partial charge in [0.05, 0.1) is 0 Å². The average Bonchev–Trinajstić information content (AvgIpc) is 3.01. The summed E-state index contributed by atoms with van der Waals surface area (Å²) in [6, 6.07) is 0. The molecule has 2 heteroatoms. The zero-order valence-electron chi connectivity index (χ0n) is 9.13. The van der Waals surface area contributed by atoms with Gasteiger partial charge in [-0.05, 0) is 37.6 Å². The molecule has 2 rings (SSSR count). The maximum atomic E-state index is 5.80. The molecule has 2 aliphatic carbocycles. The SMILES string of the molecule is NCC1(CSC2CCCCCC2)CC1. The summed E-state index contributed by atoms with van der Waals surface area (Å²) < 4.78 is 0.